The number of aromatic nitrogens is 1. The van der Waals surface area contributed by atoms with Gasteiger partial charge in [0.25, 0.3) is 11.8 Å². The van der Waals surface area contributed by atoms with Crippen LogP contribution in [0.25, 0.3) is 0 Å². The maximum Gasteiger partial charge on any atom is 0.255 e. The lowest BCUT2D eigenvalue weighted by molar-refractivity contribution is 0.0517. The highest BCUT2D eigenvalue weighted by Gasteiger charge is 2.35. The average Bonchev–Trinajstić information content (AvgIpc) is 2.88. The number of likely N-dealkylation sites (tertiary alicyclic amines) is 2. The van der Waals surface area contributed by atoms with E-state index in [0.717, 1.165) is 60.8 Å². The Balaban J connectivity index is 1.29. The Hall–Kier alpha value is -2.69. The van der Waals surface area contributed by atoms with Gasteiger partial charge in [-0.05, 0) is 68.7 Å². The lowest BCUT2D eigenvalue weighted by Crippen LogP contribution is -2.45. The number of rotatable bonds is 3. The summed E-state index contributed by atoms with van der Waals surface area (Å²) in [6.07, 6.45) is 8.10. The van der Waals surface area contributed by atoms with Crippen LogP contribution in [0, 0.1) is 18.8 Å². The van der Waals surface area contributed by atoms with Crippen molar-refractivity contribution in [2.45, 2.75) is 57.8 Å². The van der Waals surface area contributed by atoms with Crippen LogP contribution in [0.4, 0.5) is 0 Å². The molecule has 2 aromatic rings. The number of aryl methyl sites for hydroxylation is 1. The molecule has 3 fully saturated rings. The number of hydrogen-bond donors (Lipinski definition) is 0. The van der Waals surface area contributed by atoms with Crippen LogP contribution < -0.4 is 0 Å². The number of benzene rings is 1. The quantitative estimate of drug-likeness (QED) is 0.663. The first-order valence-corrected chi connectivity index (χ1v) is 12.7. The molecule has 2 unspecified atom stereocenters. The van der Waals surface area contributed by atoms with Gasteiger partial charge in [-0.3, -0.25) is 14.6 Å². The Labute approximate surface area is 197 Å². The molecule has 5 heteroatoms. The molecule has 5 rings (SSSR count). The van der Waals surface area contributed by atoms with Gasteiger partial charge in [0.1, 0.15) is 0 Å². The zero-order valence-electron chi connectivity index (χ0n) is 19.7. The van der Waals surface area contributed by atoms with Gasteiger partial charge in [-0.1, -0.05) is 37.5 Å². The van der Waals surface area contributed by atoms with Crippen molar-refractivity contribution in [3.8, 4) is 0 Å². The first-order chi connectivity index (χ1) is 16.1. The first kappa shape index (κ1) is 22.1. The van der Waals surface area contributed by atoms with Crippen molar-refractivity contribution in [3.05, 3.63) is 65.0 Å². The summed E-state index contributed by atoms with van der Waals surface area (Å²) in [7, 11) is 0. The number of amides is 2. The zero-order valence-corrected chi connectivity index (χ0v) is 19.7. The molecule has 2 atom stereocenters. The molecule has 1 aromatic carbocycles. The number of pyridine rings is 1. The topological polar surface area (TPSA) is 53.5 Å². The molecule has 174 valence electrons. The summed E-state index contributed by atoms with van der Waals surface area (Å²) in [4.78, 5) is 35.4. The van der Waals surface area contributed by atoms with E-state index in [-0.39, 0.29) is 17.7 Å². The van der Waals surface area contributed by atoms with Crippen LogP contribution in [0.2, 0.25) is 0 Å². The lowest BCUT2D eigenvalue weighted by atomic mass is 9.75. The van der Waals surface area contributed by atoms with E-state index in [9.17, 15) is 9.59 Å². The maximum absolute atomic E-state index is 13.6. The van der Waals surface area contributed by atoms with Crippen LogP contribution in [0.1, 0.15) is 83.0 Å². The SMILES string of the molecule is Cc1ccc(C(=O)N2CCC3CCCCC3C2)c(C2CCN(C(=O)c3ccccc3)CC2)n1. The molecule has 3 aliphatic rings. The van der Waals surface area contributed by atoms with Gasteiger partial charge < -0.3 is 9.80 Å². The zero-order chi connectivity index (χ0) is 22.8. The van der Waals surface area contributed by atoms with Crippen molar-refractivity contribution in [1.29, 1.82) is 0 Å². The van der Waals surface area contributed by atoms with E-state index in [2.05, 4.69) is 4.90 Å². The van der Waals surface area contributed by atoms with Crippen molar-refractivity contribution in [2.75, 3.05) is 26.2 Å². The highest BCUT2D eigenvalue weighted by molar-refractivity contribution is 5.96. The number of carbonyl (C=O) groups is 2. The van der Waals surface area contributed by atoms with Gasteiger partial charge in [-0.2, -0.15) is 0 Å². The van der Waals surface area contributed by atoms with Crippen LogP contribution in [0.15, 0.2) is 42.5 Å². The van der Waals surface area contributed by atoms with Gasteiger partial charge in [0.15, 0.2) is 0 Å². The van der Waals surface area contributed by atoms with E-state index < -0.39 is 0 Å². The fourth-order valence-corrected chi connectivity index (χ4v) is 6.14. The van der Waals surface area contributed by atoms with Crippen LogP contribution in [-0.2, 0) is 0 Å². The predicted octanol–water partition coefficient (Wildman–Crippen LogP) is 5.06. The molecule has 1 aliphatic carbocycles. The van der Waals surface area contributed by atoms with E-state index in [4.69, 9.17) is 4.98 Å². The average molecular weight is 446 g/mol. The summed E-state index contributed by atoms with van der Waals surface area (Å²) in [5.74, 6) is 1.95. The molecule has 1 aromatic heterocycles. The van der Waals surface area contributed by atoms with Crippen LogP contribution >= 0.6 is 0 Å². The second-order valence-electron chi connectivity index (χ2n) is 10.2. The van der Waals surface area contributed by atoms with Gasteiger partial charge in [-0.15, -0.1) is 0 Å². The van der Waals surface area contributed by atoms with Gasteiger partial charge in [0, 0.05) is 43.4 Å². The van der Waals surface area contributed by atoms with Crippen LogP contribution in [-0.4, -0.2) is 52.8 Å². The molecule has 33 heavy (non-hydrogen) atoms. The Kier molecular flexibility index (Phi) is 6.48. The summed E-state index contributed by atoms with van der Waals surface area (Å²) < 4.78 is 0. The molecule has 0 radical (unpaired) electrons. The number of piperidine rings is 2. The summed E-state index contributed by atoms with van der Waals surface area (Å²) in [5, 5.41) is 0. The highest BCUT2D eigenvalue weighted by Crippen LogP contribution is 2.37. The van der Waals surface area contributed by atoms with E-state index in [1.165, 1.54) is 25.7 Å². The number of nitrogens with zero attached hydrogens (tertiary/aromatic N) is 3. The third kappa shape index (κ3) is 4.68. The molecule has 2 amide bonds. The second-order valence-corrected chi connectivity index (χ2v) is 10.2. The molecular weight excluding hydrogens is 410 g/mol. The van der Waals surface area contributed by atoms with Crippen molar-refractivity contribution >= 4 is 11.8 Å². The number of carbonyl (C=O) groups excluding carboxylic acids is 2. The van der Waals surface area contributed by atoms with Crippen molar-refractivity contribution in [1.82, 2.24) is 14.8 Å². The summed E-state index contributed by atoms with van der Waals surface area (Å²) in [6.45, 7) is 5.18. The third-order valence-corrected chi connectivity index (χ3v) is 8.06. The largest absolute Gasteiger partial charge is 0.339 e. The molecule has 0 spiro atoms. The van der Waals surface area contributed by atoms with Crippen LogP contribution in [0.3, 0.4) is 0 Å². The molecule has 0 N–H and O–H groups in total. The summed E-state index contributed by atoms with van der Waals surface area (Å²) in [6, 6.07) is 13.5. The summed E-state index contributed by atoms with van der Waals surface area (Å²) >= 11 is 0. The standard InChI is InChI=1S/C28H35N3O2/c1-20-11-12-25(28(33)31-18-13-21-7-5-6-10-24(21)19-31)26(29-20)22-14-16-30(17-15-22)27(32)23-8-3-2-4-9-23/h2-4,8-9,11-12,21-22,24H,5-7,10,13-19H2,1H3. The second kappa shape index (κ2) is 9.66. The molecule has 2 aliphatic heterocycles. The lowest BCUT2D eigenvalue weighted by Gasteiger charge is -2.41. The Morgan fingerprint density at radius 3 is 2.24 bits per heavy atom. The smallest absolute Gasteiger partial charge is 0.255 e. The van der Waals surface area contributed by atoms with Gasteiger partial charge in [0.2, 0.25) is 0 Å². The highest BCUT2D eigenvalue weighted by atomic mass is 16.2. The van der Waals surface area contributed by atoms with Crippen molar-refractivity contribution in [2.24, 2.45) is 11.8 Å². The fraction of sp³-hybridized carbons (Fsp3) is 0.536. The number of fused-ring (bicyclic) bond motifs is 1. The molecular formula is C28H35N3O2. The molecule has 2 saturated heterocycles. The Morgan fingerprint density at radius 2 is 1.48 bits per heavy atom. The molecule has 0 bridgehead atoms. The predicted molar refractivity (Wildman–Crippen MR) is 129 cm³/mol. The van der Waals surface area contributed by atoms with Gasteiger partial charge in [0.05, 0.1) is 11.3 Å². The van der Waals surface area contributed by atoms with Crippen molar-refractivity contribution in [3.63, 3.8) is 0 Å². The first-order valence-electron chi connectivity index (χ1n) is 12.7. The summed E-state index contributed by atoms with van der Waals surface area (Å²) in [5.41, 5.74) is 3.42. The van der Waals surface area contributed by atoms with E-state index in [1.54, 1.807) is 0 Å². The van der Waals surface area contributed by atoms with E-state index in [0.29, 0.717) is 19.0 Å². The monoisotopic (exact) mass is 445 g/mol. The Morgan fingerprint density at radius 1 is 0.788 bits per heavy atom. The molecule has 5 nitrogen and oxygen atoms in total. The normalized spacial score (nSPS) is 23.8. The third-order valence-electron chi connectivity index (χ3n) is 8.06. The van der Waals surface area contributed by atoms with E-state index >= 15 is 0 Å². The van der Waals surface area contributed by atoms with E-state index in [1.807, 2.05) is 54.3 Å². The van der Waals surface area contributed by atoms with Gasteiger partial charge >= 0.3 is 0 Å². The minimum Gasteiger partial charge on any atom is -0.339 e. The molecule has 1 saturated carbocycles. The fourth-order valence-electron chi connectivity index (χ4n) is 6.14. The maximum atomic E-state index is 13.6. The van der Waals surface area contributed by atoms with Gasteiger partial charge in [-0.25, -0.2) is 0 Å². The van der Waals surface area contributed by atoms with Crippen LogP contribution in [0.5, 0.6) is 0 Å². The Bertz CT molecular complexity index is 997. The minimum atomic E-state index is 0.0953. The molecule has 3 heterocycles. The number of hydrogen-bond acceptors (Lipinski definition) is 3. The minimum absolute atomic E-state index is 0.0953. The van der Waals surface area contributed by atoms with Crippen molar-refractivity contribution < 1.29 is 9.59 Å².